The molecule has 0 aliphatic carbocycles. The fourth-order valence-electron chi connectivity index (χ4n) is 1.94. The summed E-state index contributed by atoms with van der Waals surface area (Å²) < 4.78 is 0.786. The normalized spacial score (nSPS) is 24.8. The maximum Gasteiger partial charge on any atom is 0.255 e. The first kappa shape index (κ1) is 12.5. The molecule has 0 spiro atoms. The Morgan fingerprint density at radius 2 is 2.35 bits per heavy atom. The first-order valence-electron chi connectivity index (χ1n) is 5.66. The first-order chi connectivity index (χ1) is 8.08. The van der Waals surface area contributed by atoms with Crippen LogP contribution in [-0.4, -0.2) is 40.1 Å². The summed E-state index contributed by atoms with van der Waals surface area (Å²) in [7, 11) is 0. The summed E-state index contributed by atoms with van der Waals surface area (Å²) in [5.41, 5.74) is 0.557. The van der Waals surface area contributed by atoms with E-state index in [4.69, 9.17) is 0 Å². The second-order valence-electron chi connectivity index (χ2n) is 4.48. The van der Waals surface area contributed by atoms with Gasteiger partial charge in [0.05, 0.1) is 11.7 Å². The molecular formula is C12H15BrN2O2. The predicted octanol–water partition coefficient (Wildman–Crippen LogP) is 1.69. The maximum atomic E-state index is 12.2. The number of pyridine rings is 1. The molecule has 0 bridgehead atoms. The average molecular weight is 299 g/mol. The molecule has 0 saturated carbocycles. The van der Waals surface area contributed by atoms with Crippen LogP contribution in [0.25, 0.3) is 0 Å². The van der Waals surface area contributed by atoms with Crippen LogP contribution in [0.2, 0.25) is 0 Å². The van der Waals surface area contributed by atoms with Crippen LogP contribution < -0.4 is 0 Å². The lowest BCUT2D eigenvalue weighted by Gasteiger charge is -2.34. The van der Waals surface area contributed by atoms with E-state index in [9.17, 15) is 9.90 Å². The summed E-state index contributed by atoms with van der Waals surface area (Å²) in [6.45, 7) is 3.11. The van der Waals surface area contributed by atoms with E-state index < -0.39 is 6.10 Å². The molecule has 17 heavy (non-hydrogen) atoms. The maximum absolute atomic E-state index is 12.2. The molecule has 4 nitrogen and oxygen atoms in total. The van der Waals surface area contributed by atoms with Crippen molar-refractivity contribution in [3.05, 3.63) is 28.5 Å². The highest BCUT2D eigenvalue weighted by Gasteiger charge is 2.27. The van der Waals surface area contributed by atoms with E-state index in [1.807, 2.05) is 6.92 Å². The number of hydrogen-bond donors (Lipinski definition) is 1. The number of hydrogen-bond acceptors (Lipinski definition) is 3. The third-order valence-electron chi connectivity index (χ3n) is 3.16. The number of amides is 1. The van der Waals surface area contributed by atoms with Crippen LogP contribution in [-0.2, 0) is 0 Å². The SMILES string of the molecule is CC1CCN(C(=O)c2cncc(Br)c2)CC1O. The number of aliphatic hydroxyl groups is 1. The monoisotopic (exact) mass is 298 g/mol. The topological polar surface area (TPSA) is 53.4 Å². The Kier molecular flexibility index (Phi) is 3.79. The van der Waals surface area contributed by atoms with E-state index >= 15 is 0 Å². The predicted molar refractivity (Wildman–Crippen MR) is 67.6 cm³/mol. The second kappa shape index (κ2) is 5.14. The molecule has 0 aromatic carbocycles. The van der Waals surface area contributed by atoms with Crippen molar-refractivity contribution in [3.8, 4) is 0 Å². The molecule has 1 fully saturated rings. The fraction of sp³-hybridized carbons (Fsp3) is 0.500. The van der Waals surface area contributed by atoms with E-state index in [0.29, 0.717) is 18.7 Å². The molecule has 2 rings (SSSR count). The summed E-state index contributed by atoms with van der Waals surface area (Å²) in [5, 5.41) is 9.78. The number of halogens is 1. The highest BCUT2D eigenvalue weighted by atomic mass is 79.9. The van der Waals surface area contributed by atoms with E-state index in [2.05, 4.69) is 20.9 Å². The molecule has 5 heteroatoms. The standard InChI is InChI=1S/C12H15BrN2O2/c1-8-2-3-15(7-11(8)16)12(17)9-4-10(13)6-14-5-9/h4-6,8,11,16H,2-3,7H2,1H3. The van der Waals surface area contributed by atoms with Crippen molar-refractivity contribution in [1.82, 2.24) is 9.88 Å². The first-order valence-corrected chi connectivity index (χ1v) is 6.45. The lowest BCUT2D eigenvalue weighted by atomic mass is 9.96. The minimum atomic E-state index is -0.423. The van der Waals surface area contributed by atoms with Crippen molar-refractivity contribution < 1.29 is 9.90 Å². The van der Waals surface area contributed by atoms with Gasteiger partial charge in [-0.2, -0.15) is 0 Å². The number of aromatic nitrogens is 1. The number of β-amino-alcohol motifs (C(OH)–C–C–N with tert-alkyl or cyclic N) is 1. The lowest BCUT2D eigenvalue weighted by Crippen LogP contribution is -2.45. The van der Waals surface area contributed by atoms with Crippen molar-refractivity contribution in [3.63, 3.8) is 0 Å². The summed E-state index contributed by atoms with van der Waals surface area (Å²) in [6, 6.07) is 1.75. The number of piperidine rings is 1. The fourth-order valence-corrected chi connectivity index (χ4v) is 2.31. The van der Waals surface area contributed by atoms with Crippen molar-refractivity contribution in [2.24, 2.45) is 5.92 Å². The Hall–Kier alpha value is -0.940. The lowest BCUT2D eigenvalue weighted by molar-refractivity contribution is 0.0248. The van der Waals surface area contributed by atoms with E-state index in [-0.39, 0.29) is 11.8 Å². The smallest absolute Gasteiger partial charge is 0.255 e. The van der Waals surface area contributed by atoms with Gasteiger partial charge in [0, 0.05) is 30.0 Å². The van der Waals surface area contributed by atoms with E-state index in [1.165, 1.54) is 0 Å². The van der Waals surface area contributed by atoms with Gasteiger partial charge >= 0.3 is 0 Å². The molecule has 1 aliphatic heterocycles. The van der Waals surface area contributed by atoms with Gasteiger partial charge in [0.1, 0.15) is 0 Å². The molecule has 0 radical (unpaired) electrons. The Morgan fingerprint density at radius 1 is 1.59 bits per heavy atom. The van der Waals surface area contributed by atoms with Crippen molar-refractivity contribution in [2.45, 2.75) is 19.4 Å². The number of likely N-dealkylation sites (tertiary alicyclic amines) is 1. The Balaban J connectivity index is 2.10. The summed E-state index contributed by atoms with van der Waals surface area (Å²) in [5.74, 6) is 0.199. The van der Waals surface area contributed by atoms with E-state index in [0.717, 1.165) is 10.9 Å². The van der Waals surface area contributed by atoms with Crippen molar-refractivity contribution in [2.75, 3.05) is 13.1 Å². The van der Waals surface area contributed by atoms with Gasteiger partial charge in [-0.3, -0.25) is 9.78 Å². The number of carbonyl (C=O) groups is 1. The van der Waals surface area contributed by atoms with Gasteiger partial charge in [-0.25, -0.2) is 0 Å². The van der Waals surface area contributed by atoms with Crippen molar-refractivity contribution in [1.29, 1.82) is 0 Å². The van der Waals surface area contributed by atoms with Crippen LogP contribution in [0.4, 0.5) is 0 Å². The minimum Gasteiger partial charge on any atom is -0.391 e. The molecule has 1 amide bonds. The van der Waals surface area contributed by atoms with Gasteiger partial charge in [-0.15, -0.1) is 0 Å². The molecule has 1 aliphatic rings. The van der Waals surface area contributed by atoms with Crippen LogP contribution in [0.1, 0.15) is 23.7 Å². The molecule has 2 unspecified atom stereocenters. The number of aliphatic hydroxyl groups excluding tert-OH is 1. The van der Waals surface area contributed by atoms with Gasteiger partial charge < -0.3 is 10.0 Å². The average Bonchev–Trinajstić information content (AvgIpc) is 2.32. The molecule has 1 saturated heterocycles. The molecule has 2 atom stereocenters. The van der Waals surface area contributed by atoms with Crippen LogP contribution in [0.15, 0.2) is 22.9 Å². The van der Waals surface area contributed by atoms with Crippen LogP contribution in [0.5, 0.6) is 0 Å². The molecule has 92 valence electrons. The van der Waals surface area contributed by atoms with Crippen LogP contribution in [0.3, 0.4) is 0 Å². The van der Waals surface area contributed by atoms with Crippen LogP contribution in [0, 0.1) is 5.92 Å². The summed E-state index contributed by atoms with van der Waals surface area (Å²) in [6.07, 6.45) is 3.61. The molecular weight excluding hydrogens is 284 g/mol. The molecule has 2 heterocycles. The quantitative estimate of drug-likeness (QED) is 0.858. The van der Waals surface area contributed by atoms with Crippen molar-refractivity contribution >= 4 is 21.8 Å². The summed E-state index contributed by atoms with van der Waals surface area (Å²) in [4.78, 5) is 17.8. The zero-order valence-electron chi connectivity index (χ0n) is 9.64. The Bertz CT molecular complexity index is 425. The summed E-state index contributed by atoms with van der Waals surface area (Å²) >= 11 is 3.29. The molecule has 1 aromatic heterocycles. The largest absolute Gasteiger partial charge is 0.391 e. The molecule has 1 N–H and O–H groups in total. The van der Waals surface area contributed by atoms with Gasteiger partial charge in [0.2, 0.25) is 0 Å². The number of carbonyl (C=O) groups excluding carboxylic acids is 1. The second-order valence-corrected chi connectivity index (χ2v) is 5.39. The van der Waals surface area contributed by atoms with Gasteiger partial charge in [-0.1, -0.05) is 6.92 Å². The zero-order valence-corrected chi connectivity index (χ0v) is 11.2. The van der Waals surface area contributed by atoms with Gasteiger partial charge in [0.25, 0.3) is 5.91 Å². The number of nitrogens with zero attached hydrogens (tertiary/aromatic N) is 2. The number of rotatable bonds is 1. The van der Waals surface area contributed by atoms with Gasteiger partial charge in [0.15, 0.2) is 0 Å². The van der Waals surface area contributed by atoms with E-state index in [1.54, 1.807) is 23.4 Å². The highest BCUT2D eigenvalue weighted by molar-refractivity contribution is 9.10. The Labute approximate surface area is 109 Å². The highest BCUT2D eigenvalue weighted by Crippen LogP contribution is 2.19. The third-order valence-corrected chi connectivity index (χ3v) is 3.59. The molecule has 1 aromatic rings. The third kappa shape index (κ3) is 2.84. The van der Waals surface area contributed by atoms with Crippen LogP contribution >= 0.6 is 15.9 Å². The Morgan fingerprint density at radius 3 is 3.00 bits per heavy atom. The zero-order chi connectivity index (χ0) is 12.4. The van der Waals surface area contributed by atoms with Gasteiger partial charge in [-0.05, 0) is 34.3 Å². The minimum absolute atomic E-state index is 0.0650.